The van der Waals surface area contributed by atoms with Crippen molar-refractivity contribution in [3.8, 4) is 33.9 Å². The third-order valence-electron chi connectivity index (χ3n) is 25.5. The van der Waals surface area contributed by atoms with Crippen LogP contribution in [-0.2, 0) is 0 Å². The smallest absolute Gasteiger partial charge is 0.181 e. The maximum atomic E-state index is 5.27. The Morgan fingerprint density at radius 1 is 0.172 bits per heavy atom. The van der Waals surface area contributed by atoms with Gasteiger partial charge in [0.25, 0.3) is 0 Å². The molecule has 25 rings (SSSR count). The first kappa shape index (κ1) is 71.2. The van der Waals surface area contributed by atoms with Crippen molar-refractivity contribution >= 4 is 208 Å². The van der Waals surface area contributed by atoms with Crippen LogP contribution in [0, 0.1) is 0 Å². The van der Waals surface area contributed by atoms with Crippen LogP contribution >= 0.6 is 22.7 Å². The van der Waals surface area contributed by atoms with Crippen molar-refractivity contribution in [1.82, 2.24) is 28.2 Å². The quantitative estimate of drug-likeness (QED) is 0.0853. The summed E-state index contributed by atoms with van der Waals surface area (Å²) in [5.74, 6) is 0. The van der Waals surface area contributed by atoms with Gasteiger partial charge in [-0.25, -0.2) is 9.97 Å². The zero-order chi connectivity index (χ0) is 80.4. The lowest BCUT2D eigenvalue weighted by Gasteiger charge is -2.34. The number of rotatable bonds is 13. The highest BCUT2D eigenvalue weighted by Crippen LogP contribution is 2.43. The Kier molecular flexibility index (Phi) is 16.9. The molecule has 0 amide bonds. The lowest BCUT2D eigenvalue weighted by Crippen LogP contribution is -2.74. The molecule has 0 atom stereocenters. The molecule has 10 heteroatoms. The van der Waals surface area contributed by atoms with Crippen molar-refractivity contribution in [2.75, 3.05) is 0 Å². The van der Waals surface area contributed by atoms with Crippen LogP contribution in [0.5, 0.6) is 0 Å². The number of pyridine rings is 2. The van der Waals surface area contributed by atoms with Crippen molar-refractivity contribution < 1.29 is 0 Å². The van der Waals surface area contributed by atoms with Crippen molar-refractivity contribution in [1.29, 1.82) is 0 Å². The van der Waals surface area contributed by atoms with Gasteiger partial charge in [0.2, 0.25) is 0 Å². The van der Waals surface area contributed by atoms with Crippen LogP contribution < -0.4 is 41.5 Å². The average molecular weight is 1620 g/mol. The Hall–Kier alpha value is -14.9. The Balaban J connectivity index is 0.000000139. The predicted octanol–water partition coefficient (Wildman–Crippen LogP) is 23.7. The van der Waals surface area contributed by atoms with Gasteiger partial charge in [0, 0.05) is 115 Å². The van der Waals surface area contributed by atoms with Crippen LogP contribution in [0.15, 0.2) is 449 Å². The van der Waals surface area contributed by atoms with E-state index in [2.05, 4.69) is 461 Å². The SMILES string of the molecule is c1ccc([Si](c2ccccc2)(c2ccccc2)c2ccc(-c3cnc4sc5ccc(-n6c7ccccc7c7cc(-n8c9ccccc9c9ccccc98)ccc76)cc5c4c3)cc2)cc1.c1ccc([Si](c2ccccc2)(c2ccccc2)c2cnc3sc4ccc(-n5c6ccccc6c6cc(-n7c8ccccc8c8ccccc87)ccc65)cc4c3c2)cc1. The van der Waals surface area contributed by atoms with E-state index >= 15 is 0 Å². The molecule has 572 valence electrons. The van der Waals surface area contributed by atoms with Gasteiger partial charge in [0.15, 0.2) is 16.1 Å². The molecule has 8 aromatic heterocycles. The maximum absolute atomic E-state index is 5.27. The second-order valence-electron chi connectivity index (χ2n) is 31.8. The minimum absolute atomic E-state index is 1.05. The van der Waals surface area contributed by atoms with Crippen LogP contribution in [0.25, 0.3) is 162 Å². The minimum Gasteiger partial charge on any atom is -0.309 e. The van der Waals surface area contributed by atoms with Gasteiger partial charge >= 0.3 is 0 Å². The number of benzene rings is 17. The van der Waals surface area contributed by atoms with Gasteiger partial charge in [-0.2, -0.15) is 0 Å². The molecule has 0 unspecified atom stereocenters. The Morgan fingerprint density at radius 3 is 0.762 bits per heavy atom. The second kappa shape index (κ2) is 29.0. The first-order valence-electron chi connectivity index (χ1n) is 41.6. The van der Waals surface area contributed by atoms with Gasteiger partial charge < -0.3 is 18.3 Å². The van der Waals surface area contributed by atoms with Crippen molar-refractivity contribution in [3.63, 3.8) is 0 Å². The van der Waals surface area contributed by atoms with E-state index < -0.39 is 16.1 Å². The summed E-state index contributed by atoms with van der Waals surface area (Å²) >= 11 is 3.54. The first-order chi connectivity index (χ1) is 60.5. The first-order valence-corrected chi connectivity index (χ1v) is 47.3. The summed E-state index contributed by atoms with van der Waals surface area (Å²) in [5.41, 5.74) is 16.5. The van der Waals surface area contributed by atoms with E-state index in [0.29, 0.717) is 0 Å². The third-order valence-corrected chi connectivity index (χ3v) is 37.2. The summed E-state index contributed by atoms with van der Waals surface area (Å²) in [7, 11) is -5.37. The molecule has 0 N–H and O–H groups in total. The molecule has 17 aromatic carbocycles. The van der Waals surface area contributed by atoms with E-state index in [0.717, 1.165) is 43.5 Å². The molecule has 0 fully saturated rings. The molecule has 122 heavy (non-hydrogen) atoms. The van der Waals surface area contributed by atoms with Crippen LogP contribution in [0.2, 0.25) is 0 Å². The number of hydrogen-bond acceptors (Lipinski definition) is 4. The van der Waals surface area contributed by atoms with Gasteiger partial charge in [-0.05, 0) is 168 Å². The number of fused-ring (bicyclic) bond motifs is 18. The highest BCUT2D eigenvalue weighted by molar-refractivity contribution is 7.26. The predicted molar refractivity (Wildman–Crippen MR) is 524 cm³/mol. The van der Waals surface area contributed by atoms with E-state index in [1.54, 1.807) is 22.7 Å². The Labute approximate surface area is 713 Å². The van der Waals surface area contributed by atoms with Crippen molar-refractivity contribution in [3.05, 3.63) is 449 Å². The molecule has 0 saturated carbocycles. The van der Waals surface area contributed by atoms with Crippen LogP contribution in [-0.4, -0.2) is 44.4 Å². The highest BCUT2D eigenvalue weighted by atomic mass is 32.1. The van der Waals surface area contributed by atoms with Crippen molar-refractivity contribution in [2.24, 2.45) is 0 Å². The van der Waals surface area contributed by atoms with Crippen LogP contribution in [0.1, 0.15) is 0 Å². The molecular formula is C112H74N6S2Si2. The van der Waals surface area contributed by atoms with Gasteiger partial charge in [-0.1, -0.05) is 315 Å². The molecular weight excluding hydrogens is 1550 g/mol. The molecule has 25 aromatic rings. The van der Waals surface area contributed by atoms with Gasteiger partial charge in [-0.15, -0.1) is 22.7 Å². The number of hydrogen-bond donors (Lipinski definition) is 0. The fourth-order valence-corrected chi connectivity index (χ4v) is 31.6. The monoisotopic (exact) mass is 1620 g/mol. The zero-order valence-corrected chi connectivity index (χ0v) is 69.9. The fourth-order valence-electron chi connectivity index (χ4n) is 20.1. The fraction of sp³-hybridized carbons (Fsp3) is 0. The Morgan fingerprint density at radius 2 is 0.426 bits per heavy atom. The molecule has 8 heterocycles. The van der Waals surface area contributed by atoms with E-state index in [9.17, 15) is 0 Å². The lowest BCUT2D eigenvalue weighted by molar-refractivity contribution is 1.17. The molecule has 0 radical (unpaired) electrons. The van der Waals surface area contributed by atoms with E-state index in [1.165, 1.54) is 160 Å². The van der Waals surface area contributed by atoms with Crippen LogP contribution in [0.3, 0.4) is 0 Å². The second-order valence-corrected chi connectivity index (χ2v) is 41.5. The molecule has 0 aliphatic carbocycles. The number of para-hydroxylation sites is 6. The van der Waals surface area contributed by atoms with Crippen LogP contribution in [0.4, 0.5) is 0 Å². The summed E-state index contributed by atoms with van der Waals surface area (Å²) in [6.07, 6.45) is 4.21. The Bertz CT molecular complexity index is 8080. The average Bonchev–Trinajstić information content (AvgIpc) is 0.929. The van der Waals surface area contributed by atoms with Gasteiger partial charge in [0.05, 0.1) is 44.1 Å². The zero-order valence-electron chi connectivity index (χ0n) is 66.2. The normalized spacial score (nSPS) is 12.1. The van der Waals surface area contributed by atoms with E-state index in [1.807, 2.05) is 6.20 Å². The summed E-state index contributed by atoms with van der Waals surface area (Å²) < 4.78 is 12.2. The van der Waals surface area contributed by atoms with Crippen molar-refractivity contribution in [2.45, 2.75) is 0 Å². The highest BCUT2D eigenvalue weighted by Gasteiger charge is 2.43. The van der Waals surface area contributed by atoms with E-state index in [4.69, 9.17) is 9.97 Å². The summed E-state index contributed by atoms with van der Waals surface area (Å²) in [6, 6.07) is 161. The number of thiophene rings is 2. The minimum atomic E-state index is -2.75. The van der Waals surface area contributed by atoms with E-state index in [-0.39, 0.29) is 0 Å². The summed E-state index contributed by atoms with van der Waals surface area (Å²) in [6.45, 7) is 0. The van der Waals surface area contributed by atoms with Gasteiger partial charge in [-0.3, -0.25) is 0 Å². The number of aromatic nitrogens is 6. The summed E-state index contributed by atoms with van der Waals surface area (Å²) in [4.78, 5) is 12.5. The molecule has 0 bridgehead atoms. The molecule has 0 aliphatic heterocycles. The maximum Gasteiger partial charge on any atom is 0.181 e. The standard InChI is InChI=1S/C59H39N3SSi.C53H35N3SSi/c1-4-16-44(17-5-1)64(45-18-6-2-7-19-45,46-20-8-3-9-21-46)47-32-28-40(29-33-47)41-36-53-52-38-43(31-35-58(52)63-59(53)60-39-41)62-56-27-15-12-24-50(56)51-37-42(30-34-57(51)62)61-54-25-13-10-22-48(54)49-23-11-14-26-55(49)61;1-4-16-38(17-5-1)58(39-18-6-2-7-19-39,40-20-8-3-9-21-40)41-34-47-46-33-37(29-31-52(46)57-53(47)54-35-41)56-50-27-15-12-24-44(50)45-32-36(28-30-51(45)56)55-48-25-13-10-22-42(48)43-23-11-14-26-49(43)55/h1-39H;1-35H. The van der Waals surface area contributed by atoms with Gasteiger partial charge in [0.1, 0.15) is 9.66 Å². The molecule has 0 aliphatic rings. The third kappa shape index (κ3) is 11.2. The molecule has 0 spiro atoms. The largest absolute Gasteiger partial charge is 0.309 e. The topological polar surface area (TPSA) is 45.5 Å². The summed E-state index contributed by atoms with van der Waals surface area (Å²) in [5, 5.41) is 25.6. The lowest BCUT2D eigenvalue weighted by atomic mass is 10.1. The number of nitrogens with zero attached hydrogens (tertiary/aromatic N) is 6. The molecule has 0 saturated heterocycles. The molecule has 6 nitrogen and oxygen atoms in total.